The van der Waals surface area contributed by atoms with Crippen LogP contribution in [0.3, 0.4) is 0 Å². The standard InChI is InChI=1S/C17H17F2N3O5S/c1-24-12-4-5-20-11(15(12)26-3)8-28(23)17-21-9-6-13(25-2)14(27-16(18)19)7-10(9)22-17/h4-7,16H,8H2,1-3H3,(H,21,22). The summed E-state index contributed by atoms with van der Waals surface area (Å²) in [6.07, 6.45) is 1.52. The van der Waals surface area contributed by atoms with E-state index in [9.17, 15) is 13.3 Å². The number of hydrogen-bond donors (Lipinski definition) is 1. The molecule has 1 atom stereocenters. The third-order valence-electron chi connectivity index (χ3n) is 3.81. The molecule has 1 N–H and O–H groups in total. The van der Waals surface area contributed by atoms with E-state index in [2.05, 4.69) is 19.7 Å². The molecular formula is C17H17F2N3O5S. The Kier molecular flexibility index (Phi) is 6.05. The zero-order chi connectivity index (χ0) is 20.3. The number of aromatic nitrogens is 3. The number of benzene rings is 1. The smallest absolute Gasteiger partial charge is 0.387 e. The molecule has 1 aromatic carbocycles. The van der Waals surface area contributed by atoms with Gasteiger partial charge in [-0.2, -0.15) is 13.8 Å². The molecule has 0 radical (unpaired) electrons. The van der Waals surface area contributed by atoms with Crippen LogP contribution in [0.15, 0.2) is 29.6 Å². The number of alkyl halides is 2. The monoisotopic (exact) mass is 413 g/mol. The highest BCUT2D eigenvalue weighted by Gasteiger charge is 2.23. The first-order valence-corrected chi connectivity index (χ1v) is 9.25. The maximum atomic E-state index is 12.8. The Bertz CT molecular complexity index is 969. The van der Waals surface area contributed by atoms with E-state index < -0.39 is 17.8 Å². The number of H-pyrrole nitrogens is 1. The van der Waals surface area contributed by atoms with E-state index >= 15 is 0 Å². The summed E-state index contributed by atoms with van der Waals surface area (Å²) in [6.45, 7) is -3.01. The number of methoxy groups -OCH3 is 3. The summed E-state index contributed by atoms with van der Waals surface area (Å²) < 4.78 is 57.9. The van der Waals surface area contributed by atoms with Crippen LogP contribution >= 0.6 is 0 Å². The van der Waals surface area contributed by atoms with Crippen molar-refractivity contribution in [1.29, 1.82) is 0 Å². The second-order valence-corrected chi connectivity index (χ2v) is 6.79. The first-order valence-electron chi connectivity index (χ1n) is 7.93. The molecule has 0 aliphatic rings. The maximum Gasteiger partial charge on any atom is 0.387 e. The fourth-order valence-corrected chi connectivity index (χ4v) is 3.61. The quantitative estimate of drug-likeness (QED) is 0.567. The molecule has 28 heavy (non-hydrogen) atoms. The summed E-state index contributed by atoms with van der Waals surface area (Å²) in [5, 5.41) is 0.151. The summed E-state index contributed by atoms with van der Waals surface area (Å²) in [5.41, 5.74) is 1.21. The van der Waals surface area contributed by atoms with Crippen molar-refractivity contribution in [3.05, 3.63) is 30.1 Å². The number of nitrogens with one attached hydrogen (secondary N) is 1. The third kappa shape index (κ3) is 4.04. The van der Waals surface area contributed by atoms with Gasteiger partial charge in [-0.3, -0.25) is 9.97 Å². The molecule has 3 rings (SSSR count). The Morgan fingerprint density at radius 2 is 1.86 bits per heavy atom. The number of imidazole rings is 1. The van der Waals surface area contributed by atoms with E-state index in [1.54, 1.807) is 6.07 Å². The molecule has 0 aliphatic heterocycles. The minimum atomic E-state index is -3.01. The van der Waals surface area contributed by atoms with Crippen LogP contribution < -0.4 is 18.9 Å². The molecule has 0 saturated carbocycles. The van der Waals surface area contributed by atoms with Gasteiger partial charge in [0.2, 0.25) is 0 Å². The van der Waals surface area contributed by atoms with Crippen LogP contribution in [0.4, 0.5) is 8.78 Å². The predicted molar refractivity (Wildman–Crippen MR) is 96.7 cm³/mol. The van der Waals surface area contributed by atoms with Crippen LogP contribution in [-0.4, -0.2) is 47.4 Å². The van der Waals surface area contributed by atoms with Gasteiger partial charge in [-0.25, -0.2) is 0 Å². The number of rotatable bonds is 8. The molecule has 2 heterocycles. The minimum Gasteiger partial charge on any atom is -0.609 e. The largest absolute Gasteiger partial charge is 0.609 e. The lowest BCUT2D eigenvalue weighted by molar-refractivity contribution is -0.0511. The SMILES string of the molecule is COc1cc2[nH]c([S+]([O-])Cc3nccc(OC)c3OC)nc2cc1OC(F)F. The summed E-state index contributed by atoms with van der Waals surface area (Å²) in [7, 11) is 4.28. The first-order chi connectivity index (χ1) is 13.5. The lowest BCUT2D eigenvalue weighted by Crippen LogP contribution is -2.10. The topological polar surface area (TPSA) is 102 Å². The highest BCUT2D eigenvalue weighted by atomic mass is 32.2. The molecule has 150 valence electrons. The van der Waals surface area contributed by atoms with Crippen LogP contribution in [-0.2, 0) is 16.9 Å². The molecule has 0 saturated heterocycles. The molecule has 0 bridgehead atoms. The second-order valence-electron chi connectivity index (χ2n) is 5.42. The van der Waals surface area contributed by atoms with Crippen molar-refractivity contribution in [2.24, 2.45) is 0 Å². The lowest BCUT2D eigenvalue weighted by Gasteiger charge is -2.12. The maximum absolute atomic E-state index is 12.8. The van der Waals surface area contributed by atoms with Gasteiger partial charge in [-0.1, -0.05) is 0 Å². The number of ether oxygens (including phenoxy) is 4. The molecule has 0 aliphatic carbocycles. The van der Waals surface area contributed by atoms with Crippen molar-refractivity contribution in [2.45, 2.75) is 17.5 Å². The third-order valence-corrected chi connectivity index (χ3v) is 4.97. The van der Waals surface area contributed by atoms with Gasteiger partial charge in [0.25, 0.3) is 0 Å². The Morgan fingerprint density at radius 1 is 1.11 bits per heavy atom. The van der Waals surface area contributed by atoms with Gasteiger partial charge < -0.3 is 23.5 Å². The Morgan fingerprint density at radius 3 is 2.50 bits per heavy atom. The zero-order valence-corrected chi connectivity index (χ0v) is 16.0. The van der Waals surface area contributed by atoms with Gasteiger partial charge in [0.1, 0.15) is 5.69 Å². The first kappa shape index (κ1) is 20.0. The average molecular weight is 413 g/mol. The number of nitrogens with zero attached hydrogens (tertiary/aromatic N) is 2. The van der Waals surface area contributed by atoms with Crippen LogP contribution in [0.25, 0.3) is 11.0 Å². The van der Waals surface area contributed by atoms with Gasteiger partial charge in [-0.05, 0) is 0 Å². The highest BCUT2D eigenvalue weighted by molar-refractivity contribution is 7.90. The van der Waals surface area contributed by atoms with E-state index in [1.165, 1.54) is 39.7 Å². The zero-order valence-electron chi connectivity index (χ0n) is 15.2. The molecule has 1 unspecified atom stereocenters. The predicted octanol–water partition coefficient (Wildman–Crippen LogP) is 2.89. The van der Waals surface area contributed by atoms with Crippen molar-refractivity contribution < 1.29 is 32.3 Å². The van der Waals surface area contributed by atoms with E-state index in [0.29, 0.717) is 28.2 Å². The minimum absolute atomic E-state index is 0.0116. The number of fused-ring (bicyclic) bond motifs is 1. The van der Waals surface area contributed by atoms with E-state index in [-0.39, 0.29) is 22.4 Å². The lowest BCUT2D eigenvalue weighted by atomic mass is 10.3. The number of hydrogen-bond acceptors (Lipinski definition) is 7. The van der Waals surface area contributed by atoms with Crippen molar-refractivity contribution in [3.63, 3.8) is 0 Å². The summed E-state index contributed by atoms with van der Waals surface area (Å²) >= 11 is -1.61. The fourth-order valence-electron chi connectivity index (χ4n) is 2.60. The molecule has 2 aromatic heterocycles. The Labute approximate surface area is 162 Å². The van der Waals surface area contributed by atoms with Gasteiger partial charge in [0.15, 0.2) is 28.8 Å². The Hall–Kier alpha value is -2.79. The van der Waals surface area contributed by atoms with Crippen LogP contribution in [0.2, 0.25) is 0 Å². The average Bonchev–Trinajstić information content (AvgIpc) is 3.09. The number of halogens is 2. The summed E-state index contributed by atoms with van der Waals surface area (Å²) in [5.74, 6) is 0.795. The summed E-state index contributed by atoms with van der Waals surface area (Å²) in [4.78, 5) is 11.3. The van der Waals surface area contributed by atoms with Gasteiger partial charge in [-0.15, -0.1) is 0 Å². The molecule has 0 spiro atoms. The van der Waals surface area contributed by atoms with Gasteiger partial charge in [0.05, 0.1) is 32.4 Å². The molecule has 3 aromatic rings. The highest BCUT2D eigenvalue weighted by Crippen LogP contribution is 2.34. The molecule has 11 heteroatoms. The molecule has 0 amide bonds. The molecule has 0 fully saturated rings. The molecule has 8 nitrogen and oxygen atoms in total. The van der Waals surface area contributed by atoms with Crippen molar-refractivity contribution >= 4 is 22.2 Å². The normalized spacial score (nSPS) is 12.2. The van der Waals surface area contributed by atoms with Crippen molar-refractivity contribution in [2.75, 3.05) is 21.3 Å². The summed E-state index contributed by atoms with van der Waals surface area (Å²) in [6, 6.07) is 4.37. The van der Waals surface area contributed by atoms with Crippen LogP contribution in [0.5, 0.6) is 23.0 Å². The van der Waals surface area contributed by atoms with Crippen molar-refractivity contribution in [1.82, 2.24) is 15.0 Å². The van der Waals surface area contributed by atoms with Crippen molar-refractivity contribution in [3.8, 4) is 23.0 Å². The van der Waals surface area contributed by atoms with E-state index in [1.807, 2.05) is 0 Å². The fraction of sp³-hybridized carbons (Fsp3) is 0.294. The van der Waals surface area contributed by atoms with E-state index in [4.69, 9.17) is 14.2 Å². The second kappa shape index (κ2) is 8.48. The van der Waals surface area contributed by atoms with Crippen LogP contribution in [0, 0.1) is 0 Å². The van der Waals surface area contributed by atoms with E-state index in [0.717, 1.165) is 0 Å². The number of aromatic amines is 1. The Balaban J connectivity index is 1.91. The molecular weight excluding hydrogens is 396 g/mol. The van der Waals surface area contributed by atoms with Crippen LogP contribution in [0.1, 0.15) is 5.69 Å². The van der Waals surface area contributed by atoms with Gasteiger partial charge in [0, 0.05) is 35.6 Å². The number of pyridine rings is 1. The van der Waals surface area contributed by atoms with Gasteiger partial charge >= 0.3 is 11.8 Å².